The molecule has 1 aromatic rings. The maximum Gasteiger partial charge on any atom is 0.470 e. The molecule has 1 atom stereocenters. The average molecular weight is 303 g/mol. The molecule has 0 aliphatic rings. The highest BCUT2D eigenvalue weighted by Gasteiger charge is 2.40. The predicted octanol–water partition coefficient (Wildman–Crippen LogP) is 0.736. The van der Waals surface area contributed by atoms with Crippen LogP contribution in [0, 0.1) is 0 Å². The van der Waals surface area contributed by atoms with Gasteiger partial charge in [-0.1, -0.05) is 30.3 Å². The molecule has 0 bridgehead atoms. The fraction of sp³-hybridized carbons (Fsp3) is 0.250. The van der Waals surface area contributed by atoms with Crippen LogP contribution in [0.4, 0.5) is 13.2 Å². The third kappa shape index (κ3) is 3.96. The van der Waals surface area contributed by atoms with Gasteiger partial charge < -0.3 is 0 Å². The maximum atomic E-state index is 12.0. The molecule has 18 heavy (non-hydrogen) atoms. The van der Waals surface area contributed by atoms with Gasteiger partial charge in [-0.25, -0.2) is 16.8 Å². The lowest BCUT2D eigenvalue weighted by Gasteiger charge is -2.14. The third-order valence-electron chi connectivity index (χ3n) is 1.83. The quantitative estimate of drug-likeness (QED) is 0.635. The lowest BCUT2D eigenvalue weighted by molar-refractivity contribution is -0.138. The molecule has 10 heteroatoms. The summed E-state index contributed by atoms with van der Waals surface area (Å²) in [4.78, 5) is 0. The minimum absolute atomic E-state index is 0.259. The van der Waals surface area contributed by atoms with E-state index in [0.29, 0.717) is 4.72 Å². The second kappa shape index (κ2) is 5.24. The molecule has 1 N–H and O–H groups in total. The first-order valence-corrected chi connectivity index (χ1v) is 7.21. The van der Waals surface area contributed by atoms with Crippen LogP contribution in [0.25, 0.3) is 0 Å². The molecule has 0 saturated carbocycles. The second-order valence-electron chi connectivity index (χ2n) is 3.19. The highest BCUT2D eigenvalue weighted by molar-refractivity contribution is 8.00. The number of hydrogen-bond acceptors (Lipinski definition) is 4. The Hall–Kier alpha value is -1.13. The molecule has 102 valence electrons. The van der Waals surface area contributed by atoms with Gasteiger partial charge in [0.25, 0.3) is 0 Å². The molecule has 0 saturated heterocycles. The van der Waals surface area contributed by atoms with E-state index in [1.165, 1.54) is 18.2 Å². The summed E-state index contributed by atoms with van der Waals surface area (Å²) in [5.74, 6) is 0. The molecule has 0 heterocycles. The number of hydrogen-bond donors (Lipinski definition) is 2. The van der Waals surface area contributed by atoms with Crippen molar-refractivity contribution < 1.29 is 30.0 Å². The van der Waals surface area contributed by atoms with Gasteiger partial charge in [0.2, 0.25) is 10.0 Å². The summed E-state index contributed by atoms with van der Waals surface area (Å²) in [5, 5.41) is 0. The Labute approximate surface area is 103 Å². The second-order valence-corrected chi connectivity index (χ2v) is 6.40. The van der Waals surface area contributed by atoms with E-state index in [2.05, 4.69) is 0 Å². The monoisotopic (exact) mass is 303 g/mol. The van der Waals surface area contributed by atoms with Crippen molar-refractivity contribution in [1.82, 2.24) is 4.72 Å². The van der Waals surface area contributed by atoms with Crippen LogP contribution < -0.4 is 4.72 Å². The van der Waals surface area contributed by atoms with E-state index in [-0.39, 0.29) is 5.56 Å². The molecule has 1 unspecified atom stereocenters. The summed E-state index contributed by atoms with van der Waals surface area (Å²) in [7, 11) is -8.74. The van der Waals surface area contributed by atoms with E-state index in [1.54, 1.807) is 0 Å². The van der Waals surface area contributed by atoms with E-state index in [0.717, 1.165) is 12.1 Å². The van der Waals surface area contributed by atoms with E-state index in [1.807, 2.05) is 0 Å². The van der Waals surface area contributed by atoms with Crippen LogP contribution in [0.5, 0.6) is 0 Å². The fourth-order valence-electron chi connectivity index (χ4n) is 1.25. The average Bonchev–Trinajstić information content (AvgIpc) is 2.13. The predicted molar refractivity (Wildman–Crippen MR) is 57.6 cm³/mol. The van der Waals surface area contributed by atoms with Gasteiger partial charge in [0, 0.05) is 0 Å². The van der Waals surface area contributed by atoms with Gasteiger partial charge in [-0.15, -0.1) is 4.72 Å². The zero-order valence-electron chi connectivity index (χ0n) is 8.59. The highest BCUT2D eigenvalue weighted by Crippen LogP contribution is 2.25. The minimum Gasteiger partial charge on any atom is -0.230 e. The van der Waals surface area contributed by atoms with E-state index in [9.17, 15) is 30.0 Å². The van der Waals surface area contributed by atoms with Crippen molar-refractivity contribution in [1.29, 1.82) is 0 Å². The summed E-state index contributed by atoms with van der Waals surface area (Å²) in [6.45, 7) is 0. The van der Waals surface area contributed by atoms with Crippen LogP contribution >= 0.6 is 0 Å². The van der Waals surface area contributed by atoms with Crippen molar-refractivity contribution in [3.8, 4) is 0 Å². The maximum absolute atomic E-state index is 12.0. The Morgan fingerprint density at radius 1 is 1.11 bits per heavy atom. The SMILES string of the molecule is O=[SH](=O)C(c1ccccc1)S(=O)(=O)NC(F)(F)F. The summed E-state index contributed by atoms with van der Waals surface area (Å²) >= 11 is 0. The van der Waals surface area contributed by atoms with Crippen molar-refractivity contribution in [3.05, 3.63) is 35.9 Å². The first-order chi connectivity index (χ1) is 8.13. The number of rotatable bonds is 4. The van der Waals surface area contributed by atoms with Crippen LogP contribution in [0.3, 0.4) is 0 Å². The van der Waals surface area contributed by atoms with Gasteiger partial charge >= 0.3 is 6.30 Å². The first-order valence-electron chi connectivity index (χ1n) is 4.41. The molecule has 1 rings (SSSR count). The summed E-state index contributed by atoms with van der Waals surface area (Å²) in [5.41, 5.74) is -0.259. The van der Waals surface area contributed by atoms with Gasteiger partial charge in [0.05, 0.1) is 0 Å². The lowest BCUT2D eigenvalue weighted by atomic mass is 10.2. The van der Waals surface area contributed by atoms with Gasteiger partial charge in [0.15, 0.2) is 15.3 Å². The van der Waals surface area contributed by atoms with Crippen molar-refractivity contribution >= 4 is 20.7 Å². The summed E-state index contributed by atoms with van der Waals surface area (Å²) in [6, 6.07) is 6.35. The normalized spacial score (nSPS) is 14.7. The van der Waals surface area contributed by atoms with Crippen LogP contribution in [0.2, 0.25) is 0 Å². The largest absolute Gasteiger partial charge is 0.470 e. The molecule has 0 radical (unpaired) electrons. The molecule has 0 amide bonds. The number of nitrogens with one attached hydrogen (secondary N) is 1. The zero-order chi connectivity index (χ0) is 14.0. The Balaban J connectivity index is 3.24. The van der Waals surface area contributed by atoms with Gasteiger partial charge in [-0.3, -0.25) is 0 Å². The third-order valence-corrected chi connectivity index (χ3v) is 5.23. The molecular weight excluding hydrogens is 295 g/mol. The minimum atomic E-state index is -5.22. The molecule has 0 aromatic heterocycles. The van der Waals surface area contributed by atoms with E-state index < -0.39 is 31.6 Å². The number of benzene rings is 1. The molecule has 0 aliphatic carbocycles. The molecule has 0 spiro atoms. The number of sulfonamides is 1. The zero-order valence-corrected chi connectivity index (χ0v) is 10.3. The van der Waals surface area contributed by atoms with E-state index >= 15 is 0 Å². The molecule has 0 aliphatic heterocycles. The molecule has 1 aromatic carbocycles. The van der Waals surface area contributed by atoms with Crippen molar-refractivity contribution in [2.24, 2.45) is 0 Å². The first kappa shape index (κ1) is 14.9. The topological polar surface area (TPSA) is 80.3 Å². The van der Waals surface area contributed by atoms with Crippen molar-refractivity contribution in [2.75, 3.05) is 0 Å². The van der Waals surface area contributed by atoms with Crippen LogP contribution in [0.15, 0.2) is 30.3 Å². The molecular formula is C8H8F3NO4S2. The Morgan fingerprint density at radius 2 is 1.61 bits per heavy atom. The lowest BCUT2D eigenvalue weighted by Crippen LogP contribution is -2.40. The van der Waals surface area contributed by atoms with Gasteiger partial charge in [-0.05, 0) is 5.56 Å². The van der Waals surface area contributed by atoms with Crippen molar-refractivity contribution in [2.45, 2.75) is 10.9 Å². The van der Waals surface area contributed by atoms with Crippen LogP contribution in [0.1, 0.15) is 10.1 Å². The number of alkyl halides is 3. The Bertz CT molecular complexity index is 572. The Kier molecular flexibility index (Phi) is 4.35. The van der Waals surface area contributed by atoms with Crippen LogP contribution in [-0.4, -0.2) is 23.1 Å². The van der Waals surface area contributed by atoms with Gasteiger partial charge in [0.1, 0.15) is 0 Å². The summed E-state index contributed by atoms with van der Waals surface area (Å²) in [6.07, 6.45) is -5.22. The Morgan fingerprint density at radius 3 is 2.00 bits per heavy atom. The van der Waals surface area contributed by atoms with Crippen LogP contribution in [-0.2, 0) is 20.7 Å². The number of thiol groups is 1. The van der Waals surface area contributed by atoms with E-state index in [4.69, 9.17) is 0 Å². The summed E-state index contributed by atoms with van der Waals surface area (Å²) < 4.78 is 78.6. The van der Waals surface area contributed by atoms with Crippen molar-refractivity contribution in [3.63, 3.8) is 0 Å². The van der Waals surface area contributed by atoms with Gasteiger partial charge in [-0.2, -0.15) is 13.2 Å². The smallest absolute Gasteiger partial charge is 0.230 e. The molecule has 0 fully saturated rings. The molecule has 5 nitrogen and oxygen atoms in total. The fourth-order valence-corrected chi connectivity index (χ4v) is 3.68. The number of halogens is 3. The standard InChI is InChI=1S/C8H8F3NO4S2/c9-8(10,11)12-18(15,16)7(17(13)14)6-4-2-1-3-5-6/h1-5,7,12,17H. The highest BCUT2D eigenvalue weighted by atomic mass is 32.3.